The van der Waals surface area contributed by atoms with Crippen molar-refractivity contribution >= 4 is 5.91 Å². The van der Waals surface area contributed by atoms with Crippen LogP contribution in [0, 0.1) is 12.1 Å². The van der Waals surface area contributed by atoms with E-state index in [4.69, 9.17) is 4.74 Å². The van der Waals surface area contributed by atoms with Crippen molar-refractivity contribution in [3.8, 4) is 5.75 Å². The van der Waals surface area contributed by atoms with E-state index in [1.54, 1.807) is 12.1 Å². The molecule has 1 unspecified atom stereocenters. The van der Waals surface area contributed by atoms with Gasteiger partial charge >= 0.3 is 6.18 Å². The Morgan fingerprint density at radius 2 is 1.96 bits per heavy atom. The molecule has 0 radical (unpaired) electrons. The number of carbonyl (C=O) groups excluding carboxylic acids is 1. The largest absolute Gasteiger partial charge is 0.485 e. The molecule has 0 aliphatic heterocycles. The second-order valence-electron chi connectivity index (χ2n) is 6.36. The lowest BCUT2D eigenvalue weighted by Crippen LogP contribution is -2.36. The maximum absolute atomic E-state index is 12.7. The average Bonchev–Trinajstić information content (AvgIpc) is 2.65. The molecule has 7 heteroatoms. The van der Waals surface area contributed by atoms with Gasteiger partial charge in [-0.3, -0.25) is 9.69 Å². The standard InChI is InChI=1S/C21H23F3N2O2/c1-3-25-20(27)15-26(2)14-13-19(16-7-5-4-6-8-16)28-18-11-9-17(10-12-18)21(22,23)24/h4-5,7,9-12,19H,3,13-15H2,1-2H3,(H,25,27). The lowest BCUT2D eigenvalue weighted by atomic mass is 10.1. The van der Waals surface area contributed by atoms with E-state index >= 15 is 0 Å². The first kappa shape index (κ1) is 21.6. The number of nitrogens with zero attached hydrogens (tertiary/aromatic N) is 1. The van der Waals surface area contributed by atoms with Gasteiger partial charge in [-0.15, -0.1) is 0 Å². The van der Waals surface area contributed by atoms with Gasteiger partial charge in [-0.25, -0.2) is 0 Å². The van der Waals surface area contributed by atoms with Gasteiger partial charge < -0.3 is 10.1 Å². The number of amides is 1. The smallest absolute Gasteiger partial charge is 0.416 e. The van der Waals surface area contributed by atoms with Gasteiger partial charge in [-0.2, -0.15) is 13.2 Å². The first-order valence-corrected chi connectivity index (χ1v) is 8.97. The molecule has 0 spiro atoms. The molecule has 0 bridgehead atoms. The molecule has 2 aromatic carbocycles. The van der Waals surface area contributed by atoms with Crippen LogP contribution < -0.4 is 10.1 Å². The van der Waals surface area contributed by atoms with Gasteiger partial charge in [0.15, 0.2) is 0 Å². The van der Waals surface area contributed by atoms with E-state index in [9.17, 15) is 18.0 Å². The number of likely N-dealkylation sites (N-methyl/N-ethyl adjacent to an activating group) is 2. The second kappa shape index (κ2) is 10.00. The lowest BCUT2D eigenvalue weighted by molar-refractivity contribution is -0.137. The molecular formula is C21H23F3N2O2. The summed E-state index contributed by atoms with van der Waals surface area (Å²) in [5.41, 5.74) is 0.0199. The van der Waals surface area contributed by atoms with Gasteiger partial charge in [0.1, 0.15) is 11.9 Å². The molecule has 0 aliphatic rings. The summed E-state index contributed by atoms with van der Waals surface area (Å²) in [6, 6.07) is 15.8. The number of ether oxygens (including phenoxy) is 1. The van der Waals surface area contributed by atoms with Crippen LogP contribution in [0.4, 0.5) is 13.2 Å². The molecule has 0 saturated heterocycles. The van der Waals surface area contributed by atoms with Gasteiger partial charge in [0, 0.05) is 25.1 Å². The summed E-state index contributed by atoms with van der Waals surface area (Å²) in [6.45, 7) is 3.24. The van der Waals surface area contributed by atoms with E-state index < -0.39 is 17.8 Å². The Labute approximate surface area is 163 Å². The minimum absolute atomic E-state index is 0.0650. The van der Waals surface area contributed by atoms with Crippen molar-refractivity contribution in [2.45, 2.75) is 25.6 Å². The summed E-state index contributed by atoms with van der Waals surface area (Å²) in [5, 5.41) is 2.74. The van der Waals surface area contributed by atoms with E-state index in [-0.39, 0.29) is 12.5 Å². The summed E-state index contributed by atoms with van der Waals surface area (Å²) in [4.78, 5) is 13.5. The topological polar surface area (TPSA) is 41.6 Å². The average molecular weight is 392 g/mol. The number of hydrogen-bond acceptors (Lipinski definition) is 3. The summed E-state index contributed by atoms with van der Waals surface area (Å²) < 4.78 is 44.1. The maximum atomic E-state index is 12.7. The van der Waals surface area contributed by atoms with Crippen LogP contribution in [0.3, 0.4) is 0 Å². The van der Waals surface area contributed by atoms with Gasteiger partial charge in [0.05, 0.1) is 12.1 Å². The third kappa shape index (κ3) is 6.78. The lowest BCUT2D eigenvalue weighted by Gasteiger charge is -2.22. The minimum atomic E-state index is -4.39. The Hall–Kier alpha value is -2.72. The molecule has 1 N–H and O–H groups in total. The first-order chi connectivity index (χ1) is 13.3. The van der Waals surface area contributed by atoms with Crippen molar-refractivity contribution in [3.63, 3.8) is 0 Å². The van der Waals surface area contributed by atoms with Gasteiger partial charge in [-0.1, -0.05) is 18.2 Å². The molecular weight excluding hydrogens is 369 g/mol. The normalized spacial score (nSPS) is 12.4. The highest BCUT2D eigenvalue weighted by Gasteiger charge is 2.30. The second-order valence-corrected chi connectivity index (χ2v) is 6.36. The van der Waals surface area contributed by atoms with E-state index in [1.807, 2.05) is 24.9 Å². The highest BCUT2D eigenvalue weighted by molar-refractivity contribution is 5.77. The van der Waals surface area contributed by atoms with Crippen molar-refractivity contribution in [2.75, 3.05) is 26.7 Å². The first-order valence-electron chi connectivity index (χ1n) is 8.97. The predicted molar refractivity (Wildman–Crippen MR) is 99.7 cm³/mol. The molecule has 150 valence electrons. The fourth-order valence-corrected chi connectivity index (χ4v) is 2.63. The zero-order valence-corrected chi connectivity index (χ0v) is 15.8. The Morgan fingerprint density at radius 3 is 2.54 bits per heavy atom. The molecule has 0 aromatic heterocycles. The van der Waals surface area contributed by atoms with Crippen LogP contribution in [-0.4, -0.2) is 37.5 Å². The summed E-state index contributed by atoms with van der Waals surface area (Å²) in [6.07, 6.45) is -4.28. The van der Waals surface area contributed by atoms with Crippen LogP contribution in [0.1, 0.15) is 30.6 Å². The van der Waals surface area contributed by atoms with Crippen LogP contribution in [0.5, 0.6) is 5.75 Å². The summed E-state index contributed by atoms with van der Waals surface area (Å²) in [7, 11) is 1.82. The fraction of sp³-hybridized carbons (Fsp3) is 0.381. The number of hydrogen-bond donors (Lipinski definition) is 1. The monoisotopic (exact) mass is 392 g/mol. The number of alkyl halides is 3. The van der Waals surface area contributed by atoms with Crippen LogP contribution in [-0.2, 0) is 11.0 Å². The number of nitrogens with one attached hydrogen (secondary N) is 1. The van der Waals surface area contributed by atoms with Crippen molar-refractivity contribution in [1.29, 1.82) is 0 Å². The molecule has 4 nitrogen and oxygen atoms in total. The molecule has 2 aromatic rings. The third-order valence-corrected chi connectivity index (χ3v) is 4.04. The molecule has 2 rings (SSSR count). The minimum Gasteiger partial charge on any atom is -0.485 e. The van der Waals surface area contributed by atoms with Crippen LogP contribution in [0.2, 0.25) is 0 Å². The van der Waals surface area contributed by atoms with E-state index in [0.717, 1.165) is 17.7 Å². The fourth-order valence-electron chi connectivity index (χ4n) is 2.63. The van der Waals surface area contributed by atoms with Gasteiger partial charge in [0.2, 0.25) is 5.91 Å². The summed E-state index contributed by atoms with van der Waals surface area (Å²) in [5.74, 6) is 0.270. The van der Waals surface area contributed by atoms with Crippen molar-refractivity contribution in [3.05, 3.63) is 65.7 Å². The molecule has 1 amide bonds. The van der Waals surface area contributed by atoms with Crippen LogP contribution in [0.15, 0.2) is 42.5 Å². The molecule has 0 aliphatic carbocycles. The Morgan fingerprint density at radius 1 is 1.25 bits per heavy atom. The number of halogens is 3. The van der Waals surface area contributed by atoms with Crippen molar-refractivity contribution in [1.82, 2.24) is 10.2 Å². The van der Waals surface area contributed by atoms with Crippen LogP contribution in [0.25, 0.3) is 0 Å². The van der Waals surface area contributed by atoms with E-state index in [0.29, 0.717) is 25.3 Å². The molecule has 0 fully saturated rings. The molecule has 0 saturated carbocycles. The molecule has 0 heterocycles. The predicted octanol–water partition coefficient (Wildman–Crippen LogP) is 3.88. The highest BCUT2D eigenvalue weighted by Crippen LogP contribution is 2.31. The molecule has 1 atom stereocenters. The number of carbonyl (C=O) groups is 1. The quantitative estimate of drug-likeness (QED) is 0.704. The maximum Gasteiger partial charge on any atom is 0.416 e. The van der Waals surface area contributed by atoms with Gasteiger partial charge in [-0.05, 0) is 50.4 Å². The Kier molecular flexibility index (Phi) is 7.70. The molecule has 28 heavy (non-hydrogen) atoms. The summed E-state index contributed by atoms with van der Waals surface area (Å²) >= 11 is 0. The zero-order chi connectivity index (χ0) is 20.6. The Bertz CT molecular complexity index is 734. The Balaban J connectivity index is 2.05. The number of benzene rings is 1. The van der Waals surface area contributed by atoms with Crippen LogP contribution >= 0.6 is 0 Å². The van der Waals surface area contributed by atoms with Gasteiger partial charge in [0.25, 0.3) is 0 Å². The SMILES string of the molecule is CCNC(=O)CN(C)CCC(Oc1ccc(C(F)(F)F)cc1)c1c#cccc1. The third-order valence-electron chi connectivity index (χ3n) is 4.04. The van der Waals surface area contributed by atoms with Crippen molar-refractivity contribution in [2.24, 2.45) is 0 Å². The van der Waals surface area contributed by atoms with E-state index in [2.05, 4.69) is 17.4 Å². The van der Waals surface area contributed by atoms with E-state index in [1.165, 1.54) is 12.1 Å². The zero-order valence-electron chi connectivity index (χ0n) is 15.8. The highest BCUT2D eigenvalue weighted by atomic mass is 19.4. The number of rotatable bonds is 9. The van der Waals surface area contributed by atoms with Crippen molar-refractivity contribution < 1.29 is 22.7 Å².